The van der Waals surface area contributed by atoms with E-state index in [9.17, 15) is 22.8 Å². The molecule has 1 rings (SSSR count). The Bertz CT molecular complexity index is 407. The highest BCUT2D eigenvalue weighted by atomic mass is 19.1. The quantitative estimate of drug-likeness (QED) is 0.437. The predicted octanol–water partition coefficient (Wildman–Crippen LogP) is 1.09. The van der Waals surface area contributed by atoms with E-state index >= 15 is 0 Å². The average Bonchev–Trinajstić information content (AvgIpc) is 2.10. The van der Waals surface area contributed by atoms with Crippen LogP contribution >= 0.6 is 0 Å². The van der Waals surface area contributed by atoms with Gasteiger partial charge in [0.1, 0.15) is 5.82 Å². The minimum Gasteiger partial charge on any atom is -0.473 e. The summed E-state index contributed by atoms with van der Waals surface area (Å²) in [6.45, 7) is 0. The molecule has 15 heavy (non-hydrogen) atoms. The maximum Gasteiger partial charge on any atom is 0.422 e. The summed E-state index contributed by atoms with van der Waals surface area (Å²) in [7, 11) is 0. The van der Waals surface area contributed by atoms with Crippen molar-refractivity contribution in [1.29, 1.82) is 0 Å². The smallest absolute Gasteiger partial charge is 0.422 e. The van der Waals surface area contributed by atoms with Crippen molar-refractivity contribution in [3.05, 3.63) is 29.6 Å². The molecule has 1 aromatic rings. The highest BCUT2D eigenvalue weighted by Crippen LogP contribution is 2.22. The first-order chi connectivity index (χ1) is 6.91. The molecule has 7 heteroatoms. The molecule has 0 atom stereocenters. The molecular formula is C8H3F3O4. The standard InChI is InChI=1S/C8H3F3O4/c9-3-1-4(10)6(5(11)2-3)15-8(14)7(12)13/h1-2H,(H,12,13). The largest absolute Gasteiger partial charge is 0.473 e. The van der Waals surface area contributed by atoms with Gasteiger partial charge in [0.15, 0.2) is 11.6 Å². The van der Waals surface area contributed by atoms with Gasteiger partial charge < -0.3 is 9.84 Å². The molecule has 0 saturated carbocycles. The lowest BCUT2D eigenvalue weighted by molar-refractivity contribution is -0.158. The van der Waals surface area contributed by atoms with Crippen LogP contribution in [0, 0.1) is 17.5 Å². The van der Waals surface area contributed by atoms with Gasteiger partial charge in [0, 0.05) is 12.1 Å². The number of aliphatic carboxylic acids is 1. The molecule has 0 aliphatic rings. The van der Waals surface area contributed by atoms with Gasteiger partial charge in [-0.3, -0.25) is 0 Å². The Balaban J connectivity index is 3.05. The molecule has 0 saturated heterocycles. The molecule has 0 spiro atoms. The number of hydrogen-bond donors (Lipinski definition) is 1. The summed E-state index contributed by atoms with van der Waals surface area (Å²) in [5.41, 5.74) is 0. The van der Waals surface area contributed by atoms with Crippen molar-refractivity contribution >= 4 is 11.9 Å². The van der Waals surface area contributed by atoms with Crippen molar-refractivity contribution in [3.63, 3.8) is 0 Å². The van der Waals surface area contributed by atoms with Crippen LogP contribution in [0.5, 0.6) is 5.75 Å². The van der Waals surface area contributed by atoms with E-state index in [0.717, 1.165) is 0 Å². The molecule has 0 aliphatic heterocycles. The lowest BCUT2D eigenvalue weighted by Crippen LogP contribution is -2.20. The third-order valence-electron chi connectivity index (χ3n) is 1.33. The summed E-state index contributed by atoms with van der Waals surface area (Å²) in [4.78, 5) is 20.5. The van der Waals surface area contributed by atoms with Gasteiger partial charge >= 0.3 is 11.9 Å². The zero-order valence-corrected chi connectivity index (χ0v) is 6.96. The lowest BCUT2D eigenvalue weighted by Gasteiger charge is -2.03. The van der Waals surface area contributed by atoms with Crippen molar-refractivity contribution < 1.29 is 32.6 Å². The highest BCUT2D eigenvalue weighted by molar-refractivity contribution is 6.29. The Hall–Kier alpha value is -2.05. The van der Waals surface area contributed by atoms with Crippen molar-refractivity contribution in [2.75, 3.05) is 0 Å². The van der Waals surface area contributed by atoms with Crippen molar-refractivity contribution in [1.82, 2.24) is 0 Å². The summed E-state index contributed by atoms with van der Waals surface area (Å²) < 4.78 is 41.8. The Morgan fingerprint density at radius 2 is 1.60 bits per heavy atom. The molecule has 0 radical (unpaired) electrons. The summed E-state index contributed by atoms with van der Waals surface area (Å²) >= 11 is 0. The van der Waals surface area contributed by atoms with Gasteiger partial charge in [-0.1, -0.05) is 0 Å². The summed E-state index contributed by atoms with van der Waals surface area (Å²) in [5.74, 6) is -9.33. The molecule has 0 fully saturated rings. The first-order valence-electron chi connectivity index (χ1n) is 3.51. The topological polar surface area (TPSA) is 63.6 Å². The zero-order valence-electron chi connectivity index (χ0n) is 6.96. The van der Waals surface area contributed by atoms with E-state index in [1.54, 1.807) is 0 Å². The second-order valence-electron chi connectivity index (χ2n) is 2.39. The van der Waals surface area contributed by atoms with E-state index in [-0.39, 0.29) is 12.1 Å². The van der Waals surface area contributed by atoms with Crippen LogP contribution in [0.2, 0.25) is 0 Å². The lowest BCUT2D eigenvalue weighted by atomic mass is 10.3. The van der Waals surface area contributed by atoms with E-state index in [1.807, 2.05) is 0 Å². The Labute approximate surface area is 80.9 Å². The fourth-order valence-corrected chi connectivity index (χ4v) is 0.763. The molecule has 0 bridgehead atoms. The van der Waals surface area contributed by atoms with Crippen LogP contribution in [0.3, 0.4) is 0 Å². The predicted molar refractivity (Wildman–Crippen MR) is 39.6 cm³/mol. The molecule has 0 unspecified atom stereocenters. The summed E-state index contributed by atoms with van der Waals surface area (Å²) in [6.07, 6.45) is 0. The van der Waals surface area contributed by atoms with E-state index in [4.69, 9.17) is 5.11 Å². The number of hydrogen-bond acceptors (Lipinski definition) is 3. The molecule has 0 amide bonds. The number of carboxylic acid groups (broad SMARTS) is 1. The van der Waals surface area contributed by atoms with Crippen LogP contribution in [0.25, 0.3) is 0 Å². The van der Waals surface area contributed by atoms with Crippen molar-refractivity contribution in [2.24, 2.45) is 0 Å². The molecule has 0 aliphatic carbocycles. The SMILES string of the molecule is O=C(O)C(=O)Oc1c(F)cc(F)cc1F. The Kier molecular flexibility index (Phi) is 2.93. The monoisotopic (exact) mass is 220 g/mol. The van der Waals surface area contributed by atoms with Gasteiger partial charge in [0.05, 0.1) is 0 Å². The van der Waals surface area contributed by atoms with Crippen LogP contribution in [0.15, 0.2) is 12.1 Å². The van der Waals surface area contributed by atoms with Crippen LogP contribution in [-0.2, 0) is 9.59 Å². The Morgan fingerprint density at radius 1 is 1.13 bits per heavy atom. The van der Waals surface area contributed by atoms with Crippen LogP contribution in [0.4, 0.5) is 13.2 Å². The second-order valence-corrected chi connectivity index (χ2v) is 2.39. The van der Waals surface area contributed by atoms with E-state index in [0.29, 0.717) is 0 Å². The number of carboxylic acids is 1. The van der Waals surface area contributed by atoms with Crippen LogP contribution in [0.1, 0.15) is 0 Å². The number of ether oxygens (including phenoxy) is 1. The fourth-order valence-electron chi connectivity index (χ4n) is 0.763. The number of rotatable bonds is 1. The highest BCUT2D eigenvalue weighted by Gasteiger charge is 2.20. The van der Waals surface area contributed by atoms with Gasteiger partial charge in [-0.2, -0.15) is 0 Å². The van der Waals surface area contributed by atoms with E-state index < -0.39 is 35.1 Å². The first kappa shape index (κ1) is 11.0. The van der Waals surface area contributed by atoms with Gasteiger partial charge in [0.2, 0.25) is 5.75 Å². The molecule has 0 heterocycles. The van der Waals surface area contributed by atoms with E-state index in [1.165, 1.54) is 0 Å². The minimum atomic E-state index is -2.02. The van der Waals surface area contributed by atoms with Crippen molar-refractivity contribution in [2.45, 2.75) is 0 Å². The minimum absolute atomic E-state index is 0.257. The van der Waals surface area contributed by atoms with Gasteiger partial charge in [-0.05, 0) is 0 Å². The summed E-state index contributed by atoms with van der Waals surface area (Å²) in [6, 6.07) is 0.515. The molecule has 0 aromatic heterocycles. The third kappa shape index (κ3) is 2.46. The number of esters is 1. The second kappa shape index (κ2) is 3.99. The zero-order chi connectivity index (χ0) is 11.6. The first-order valence-corrected chi connectivity index (χ1v) is 3.51. The van der Waals surface area contributed by atoms with Crippen molar-refractivity contribution in [3.8, 4) is 5.75 Å². The van der Waals surface area contributed by atoms with Gasteiger partial charge in [-0.25, -0.2) is 22.8 Å². The molecule has 1 aromatic carbocycles. The molecule has 1 N–H and O–H groups in total. The third-order valence-corrected chi connectivity index (χ3v) is 1.33. The molecular weight excluding hydrogens is 217 g/mol. The van der Waals surface area contributed by atoms with Gasteiger partial charge in [-0.15, -0.1) is 0 Å². The normalized spacial score (nSPS) is 9.80. The Morgan fingerprint density at radius 3 is 2.00 bits per heavy atom. The maximum atomic E-state index is 12.8. The number of carbonyl (C=O) groups excluding carboxylic acids is 1. The molecule has 80 valence electrons. The average molecular weight is 220 g/mol. The number of halogens is 3. The van der Waals surface area contributed by atoms with Crippen LogP contribution < -0.4 is 4.74 Å². The maximum absolute atomic E-state index is 12.8. The van der Waals surface area contributed by atoms with Crippen LogP contribution in [-0.4, -0.2) is 17.0 Å². The molecule has 4 nitrogen and oxygen atoms in total. The summed E-state index contributed by atoms with van der Waals surface area (Å²) in [5, 5.41) is 8.09. The number of carbonyl (C=O) groups is 2. The van der Waals surface area contributed by atoms with Gasteiger partial charge in [0.25, 0.3) is 0 Å². The van der Waals surface area contributed by atoms with E-state index in [2.05, 4.69) is 4.74 Å². The number of benzene rings is 1. The fraction of sp³-hybridized carbons (Fsp3) is 0.